The summed E-state index contributed by atoms with van der Waals surface area (Å²) in [6.45, 7) is 0.396. The van der Waals surface area contributed by atoms with E-state index in [1.54, 1.807) is 42.5 Å². The zero-order valence-corrected chi connectivity index (χ0v) is 16.9. The van der Waals surface area contributed by atoms with Gasteiger partial charge in [0, 0.05) is 18.1 Å². The predicted molar refractivity (Wildman–Crippen MR) is 106 cm³/mol. The van der Waals surface area contributed by atoms with Crippen LogP contribution in [0.25, 0.3) is 0 Å². The third-order valence-corrected chi connectivity index (χ3v) is 6.46. The van der Waals surface area contributed by atoms with Gasteiger partial charge < -0.3 is 15.4 Å². The summed E-state index contributed by atoms with van der Waals surface area (Å²) in [4.78, 5) is 24.1. The highest BCUT2D eigenvalue weighted by molar-refractivity contribution is 7.89. The van der Waals surface area contributed by atoms with E-state index < -0.39 is 28.1 Å². The number of rotatable bonds is 6. The average molecular weight is 438 g/mol. The monoisotopic (exact) mass is 437 g/mol. The minimum absolute atomic E-state index is 0.140. The van der Waals surface area contributed by atoms with E-state index in [1.807, 2.05) is 0 Å². The first-order chi connectivity index (χ1) is 13.9. The fourth-order valence-corrected chi connectivity index (χ4v) is 4.45. The van der Waals surface area contributed by atoms with Crippen molar-refractivity contribution in [3.63, 3.8) is 0 Å². The molecule has 0 unspecified atom stereocenters. The highest BCUT2D eigenvalue weighted by Gasteiger charge is 2.36. The van der Waals surface area contributed by atoms with Crippen molar-refractivity contribution in [1.82, 2.24) is 14.9 Å². The Morgan fingerprint density at radius 1 is 1.03 bits per heavy atom. The molecule has 0 aliphatic carbocycles. The van der Waals surface area contributed by atoms with Crippen LogP contribution in [0.1, 0.15) is 5.56 Å². The molecule has 154 valence electrons. The number of sulfonamides is 1. The number of carbonyl (C=O) groups is 2. The van der Waals surface area contributed by atoms with Gasteiger partial charge in [0.05, 0.1) is 18.0 Å². The van der Waals surface area contributed by atoms with Crippen molar-refractivity contribution in [2.45, 2.75) is 17.7 Å². The molecule has 10 heteroatoms. The summed E-state index contributed by atoms with van der Waals surface area (Å²) < 4.78 is 32.1. The maximum Gasteiger partial charge on any atom is 0.309 e. The number of hydrogen-bond acceptors (Lipinski definition) is 5. The minimum Gasteiger partial charge on any atom is -0.359 e. The molecule has 0 spiro atoms. The van der Waals surface area contributed by atoms with Crippen molar-refractivity contribution in [3.8, 4) is 0 Å². The first kappa shape index (κ1) is 21.3. The van der Waals surface area contributed by atoms with Crippen molar-refractivity contribution in [2.24, 2.45) is 0 Å². The van der Waals surface area contributed by atoms with E-state index in [9.17, 15) is 18.0 Å². The molecular formula is C19H20ClN3O5S. The number of nitrogens with zero attached hydrogens (tertiary/aromatic N) is 1. The molecule has 1 heterocycles. The molecule has 2 aromatic carbocycles. The number of amides is 2. The van der Waals surface area contributed by atoms with Crippen LogP contribution in [0.5, 0.6) is 0 Å². The topological polar surface area (TPSA) is 105 Å². The molecule has 3 rings (SSSR count). The number of nitrogens with one attached hydrogen (secondary N) is 2. The molecule has 2 aromatic rings. The van der Waals surface area contributed by atoms with Crippen LogP contribution in [-0.2, 0) is 30.9 Å². The number of benzene rings is 2. The standard InChI is InChI=1S/C19H20ClN3O5S/c20-15-8-6-14(7-9-15)12-21-18(24)19(25)22-13-17-23(10-11-28-17)29(26,27)16-4-2-1-3-5-16/h1-9,17H,10-13H2,(H,21,24)(H,22,25)/t17-/m1/s1. The Kier molecular flexibility index (Phi) is 6.86. The molecule has 0 aromatic heterocycles. The van der Waals surface area contributed by atoms with Gasteiger partial charge in [-0.25, -0.2) is 8.42 Å². The number of hydrogen-bond donors (Lipinski definition) is 2. The van der Waals surface area contributed by atoms with Gasteiger partial charge >= 0.3 is 11.8 Å². The molecule has 1 aliphatic rings. The molecule has 1 saturated heterocycles. The van der Waals surface area contributed by atoms with Gasteiger partial charge in [0.25, 0.3) is 0 Å². The zero-order valence-electron chi connectivity index (χ0n) is 15.4. The van der Waals surface area contributed by atoms with Crippen LogP contribution in [0, 0.1) is 0 Å². The lowest BCUT2D eigenvalue weighted by Gasteiger charge is -2.22. The average Bonchev–Trinajstić information content (AvgIpc) is 3.21. The van der Waals surface area contributed by atoms with E-state index in [0.29, 0.717) is 5.02 Å². The van der Waals surface area contributed by atoms with E-state index in [1.165, 1.54) is 16.4 Å². The Hall–Kier alpha value is -2.46. The van der Waals surface area contributed by atoms with E-state index >= 15 is 0 Å². The quantitative estimate of drug-likeness (QED) is 0.659. The molecule has 2 amide bonds. The maximum atomic E-state index is 12.8. The lowest BCUT2D eigenvalue weighted by atomic mass is 10.2. The molecule has 1 atom stereocenters. The molecule has 29 heavy (non-hydrogen) atoms. The fraction of sp³-hybridized carbons (Fsp3) is 0.263. The largest absolute Gasteiger partial charge is 0.359 e. The molecule has 2 N–H and O–H groups in total. The van der Waals surface area contributed by atoms with Crippen LogP contribution in [-0.4, -0.2) is 50.5 Å². The van der Waals surface area contributed by atoms with Gasteiger partial charge in [0.2, 0.25) is 10.0 Å². The van der Waals surface area contributed by atoms with Gasteiger partial charge in [-0.15, -0.1) is 0 Å². The van der Waals surface area contributed by atoms with Crippen molar-refractivity contribution in [2.75, 3.05) is 19.7 Å². The smallest absolute Gasteiger partial charge is 0.309 e. The Bertz CT molecular complexity index is 967. The highest BCUT2D eigenvalue weighted by Crippen LogP contribution is 2.21. The fourth-order valence-electron chi connectivity index (χ4n) is 2.79. The van der Waals surface area contributed by atoms with Crippen molar-refractivity contribution in [3.05, 3.63) is 65.2 Å². The van der Waals surface area contributed by atoms with E-state index in [4.69, 9.17) is 16.3 Å². The molecular weight excluding hydrogens is 418 g/mol. The lowest BCUT2D eigenvalue weighted by Crippen LogP contribution is -2.47. The maximum absolute atomic E-state index is 12.8. The van der Waals surface area contributed by atoms with Crippen molar-refractivity contribution in [1.29, 1.82) is 0 Å². The molecule has 1 fully saturated rings. The van der Waals surface area contributed by atoms with Crippen LogP contribution in [0.2, 0.25) is 5.02 Å². The summed E-state index contributed by atoms with van der Waals surface area (Å²) in [6.07, 6.45) is -0.881. The summed E-state index contributed by atoms with van der Waals surface area (Å²) in [5, 5.41) is 5.49. The predicted octanol–water partition coefficient (Wildman–Crippen LogP) is 1.12. The molecule has 0 saturated carbocycles. The van der Waals surface area contributed by atoms with Gasteiger partial charge in [0.15, 0.2) is 0 Å². The van der Waals surface area contributed by atoms with Crippen LogP contribution in [0.15, 0.2) is 59.5 Å². The third kappa shape index (κ3) is 5.33. The van der Waals surface area contributed by atoms with Gasteiger partial charge in [-0.2, -0.15) is 4.31 Å². The lowest BCUT2D eigenvalue weighted by molar-refractivity contribution is -0.139. The van der Waals surface area contributed by atoms with Crippen LogP contribution < -0.4 is 10.6 Å². The molecule has 0 bridgehead atoms. The van der Waals surface area contributed by atoms with Gasteiger partial charge in [-0.05, 0) is 29.8 Å². The van der Waals surface area contributed by atoms with E-state index in [0.717, 1.165) is 5.56 Å². The summed E-state index contributed by atoms with van der Waals surface area (Å²) in [5.74, 6) is -1.69. The van der Waals surface area contributed by atoms with Crippen molar-refractivity contribution >= 4 is 33.4 Å². The van der Waals surface area contributed by atoms with Crippen molar-refractivity contribution < 1.29 is 22.7 Å². The van der Waals surface area contributed by atoms with E-state index in [-0.39, 0.29) is 31.1 Å². The second kappa shape index (κ2) is 9.36. The number of ether oxygens (including phenoxy) is 1. The number of halogens is 1. The Morgan fingerprint density at radius 2 is 1.69 bits per heavy atom. The van der Waals surface area contributed by atoms with Crippen LogP contribution in [0.3, 0.4) is 0 Å². The van der Waals surface area contributed by atoms with Gasteiger partial charge in [0.1, 0.15) is 6.23 Å². The van der Waals surface area contributed by atoms with E-state index in [2.05, 4.69) is 10.6 Å². The highest BCUT2D eigenvalue weighted by atomic mass is 35.5. The summed E-state index contributed by atoms with van der Waals surface area (Å²) in [7, 11) is -3.76. The summed E-state index contributed by atoms with van der Waals surface area (Å²) in [6, 6.07) is 14.8. The Balaban J connectivity index is 1.53. The Morgan fingerprint density at radius 3 is 2.38 bits per heavy atom. The summed E-state index contributed by atoms with van der Waals surface area (Å²) >= 11 is 5.80. The first-order valence-electron chi connectivity index (χ1n) is 8.87. The first-order valence-corrected chi connectivity index (χ1v) is 10.7. The normalized spacial score (nSPS) is 17.1. The SMILES string of the molecule is O=C(NCc1ccc(Cl)cc1)C(=O)NC[C@H]1OCCN1S(=O)(=O)c1ccccc1. The van der Waals surface area contributed by atoms with Gasteiger partial charge in [-0.1, -0.05) is 41.9 Å². The zero-order chi connectivity index (χ0) is 20.9. The second-order valence-electron chi connectivity index (χ2n) is 6.27. The van der Waals surface area contributed by atoms with Gasteiger partial charge in [-0.3, -0.25) is 9.59 Å². The Labute approximate surface area is 173 Å². The minimum atomic E-state index is -3.76. The number of carbonyl (C=O) groups excluding carboxylic acids is 2. The van der Waals surface area contributed by atoms with Crippen LogP contribution >= 0.6 is 11.6 Å². The third-order valence-electron chi connectivity index (χ3n) is 4.30. The van der Waals surface area contributed by atoms with Crippen LogP contribution in [0.4, 0.5) is 0 Å². The molecule has 0 radical (unpaired) electrons. The second-order valence-corrected chi connectivity index (χ2v) is 8.60. The molecule has 8 nitrogen and oxygen atoms in total. The molecule has 1 aliphatic heterocycles. The summed E-state index contributed by atoms with van der Waals surface area (Å²) in [5.41, 5.74) is 0.787.